The van der Waals surface area contributed by atoms with Crippen LogP contribution in [0, 0.1) is 10.8 Å². The number of hydrogen-bond acceptors (Lipinski definition) is 2. The third kappa shape index (κ3) is 4.06. The van der Waals surface area contributed by atoms with Gasteiger partial charge in [-0.05, 0) is 36.6 Å². The van der Waals surface area contributed by atoms with Gasteiger partial charge in [0.1, 0.15) is 0 Å². The molecular weight excluding hydrogens is 196 g/mol. The van der Waals surface area contributed by atoms with Crippen LogP contribution in [0.3, 0.4) is 0 Å². The molecular formula is C14H30N2. The van der Waals surface area contributed by atoms with Gasteiger partial charge < -0.3 is 10.6 Å². The van der Waals surface area contributed by atoms with Gasteiger partial charge in [-0.1, -0.05) is 34.6 Å². The SMILES string of the molecule is CCC(C)(C)CNCC1NCCCC1(C)C. The zero-order valence-corrected chi connectivity index (χ0v) is 11.8. The fraction of sp³-hybridized carbons (Fsp3) is 1.00. The van der Waals surface area contributed by atoms with Crippen LogP contribution < -0.4 is 10.6 Å². The van der Waals surface area contributed by atoms with E-state index >= 15 is 0 Å². The first kappa shape index (κ1) is 14.0. The Labute approximate surface area is 102 Å². The van der Waals surface area contributed by atoms with Gasteiger partial charge >= 0.3 is 0 Å². The van der Waals surface area contributed by atoms with Crippen molar-refractivity contribution in [1.29, 1.82) is 0 Å². The average Bonchev–Trinajstić information content (AvgIpc) is 2.20. The van der Waals surface area contributed by atoms with E-state index in [-0.39, 0.29) is 0 Å². The van der Waals surface area contributed by atoms with Gasteiger partial charge in [0, 0.05) is 19.1 Å². The average molecular weight is 226 g/mol. The lowest BCUT2D eigenvalue weighted by Gasteiger charge is -2.40. The highest BCUT2D eigenvalue weighted by atomic mass is 15.0. The molecule has 1 saturated heterocycles. The molecule has 0 aromatic rings. The second-order valence-corrected chi connectivity index (χ2v) is 6.75. The van der Waals surface area contributed by atoms with Gasteiger partial charge in [0.15, 0.2) is 0 Å². The zero-order chi connectivity index (χ0) is 12.2. The number of hydrogen-bond donors (Lipinski definition) is 2. The molecule has 1 aliphatic heterocycles. The van der Waals surface area contributed by atoms with Gasteiger partial charge in [0.2, 0.25) is 0 Å². The smallest absolute Gasteiger partial charge is 0.0243 e. The van der Waals surface area contributed by atoms with Gasteiger partial charge in [0.25, 0.3) is 0 Å². The topological polar surface area (TPSA) is 24.1 Å². The summed E-state index contributed by atoms with van der Waals surface area (Å²) in [5.41, 5.74) is 0.875. The van der Waals surface area contributed by atoms with Gasteiger partial charge in [-0.3, -0.25) is 0 Å². The number of rotatable bonds is 5. The van der Waals surface area contributed by atoms with Crippen LogP contribution in [0.25, 0.3) is 0 Å². The predicted molar refractivity (Wildman–Crippen MR) is 71.7 cm³/mol. The Kier molecular flexibility index (Phi) is 4.81. The van der Waals surface area contributed by atoms with Crippen molar-refractivity contribution in [3.05, 3.63) is 0 Å². The summed E-state index contributed by atoms with van der Waals surface area (Å²) >= 11 is 0. The Morgan fingerprint density at radius 3 is 2.62 bits per heavy atom. The van der Waals surface area contributed by atoms with E-state index in [0.29, 0.717) is 16.9 Å². The van der Waals surface area contributed by atoms with Crippen LogP contribution in [0.15, 0.2) is 0 Å². The summed E-state index contributed by atoms with van der Waals surface area (Å²) in [6.07, 6.45) is 3.91. The molecule has 1 aliphatic rings. The molecule has 2 N–H and O–H groups in total. The molecule has 0 radical (unpaired) electrons. The summed E-state index contributed by atoms with van der Waals surface area (Å²) in [6, 6.07) is 0.633. The molecule has 0 aromatic carbocycles. The Bertz CT molecular complexity index is 209. The molecule has 96 valence electrons. The molecule has 0 bridgehead atoms. The lowest BCUT2D eigenvalue weighted by molar-refractivity contribution is 0.171. The standard InChI is InChI=1S/C14H30N2/c1-6-13(2,3)11-15-10-12-14(4,5)8-7-9-16-12/h12,15-16H,6-11H2,1-5H3. The second-order valence-electron chi connectivity index (χ2n) is 6.75. The summed E-state index contributed by atoms with van der Waals surface area (Å²) in [7, 11) is 0. The van der Waals surface area contributed by atoms with Crippen LogP contribution in [-0.2, 0) is 0 Å². The Hall–Kier alpha value is -0.0800. The highest BCUT2D eigenvalue weighted by molar-refractivity contribution is 4.89. The van der Waals surface area contributed by atoms with Crippen LogP contribution in [0.2, 0.25) is 0 Å². The Morgan fingerprint density at radius 2 is 2.06 bits per heavy atom. The zero-order valence-electron chi connectivity index (χ0n) is 11.8. The van der Waals surface area contributed by atoms with Crippen molar-refractivity contribution in [1.82, 2.24) is 10.6 Å². The van der Waals surface area contributed by atoms with E-state index in [4.69, 9.17) is 0 Å². The van der Waals surface area contributed by atoms with Gasteiger partial charge in [-0.25, -0.2) is 0 Å². The largest absolute Gasteiger partial charge is 0.315 e. The van der Waals surface area contributed by atoms with Gasteiger partial charge in [-0.2, -0.15) is 0 Å². The predicted octanol–water partition coefficient (Wildman–Crippen LogP) is 2.79. The van der Waals surface area contributed by atoms with Gasteiger partial charge in [-0.15, -0.1) is 0 Å². The molecule has 1 unspecified atom stereocenters. The van der Waals surface area contributed by atoms with Crippen molar-refractivity contribution in [2.45, 2.75) is 59.9 Å². The van der Waals surface area contributed by atoms with E-state index in [0.717, 1.165) is 13.1 Å². The van der Waals surface area contributed by atoms with E-state index in [1.807, 2.05) is 0 Å². The first-order valence-corrected chi connectivity index (χ1v) is 6.81. The third-order valence-corrected chi connectivity index (χ3v) is 4.24. The molecule has 1 atom stereocenters. The van der Waals surface area contributed by atoms with E-state index in [2.05, 4.69) is 45.3 Å². The molecule has 1 heterocycles. The van der Waals surface area contributed by atoms with Crippen molar-refractivity contribution in [2.75, 3.05) is 19.6 Å². The minimum Gasteiger partial charge on any atom is -0.315 e. The second kappa shape index (κ2) is 5.50. The first-order valence-electron chi connectivity index (χ1n) is 6.81. The van der Waals surface area contributed by atoms with Crippen LogP contribution in [-0.4, -0.2) is 25.7 Å². The van der Waals surface area contributed by atoms with E-state index in [9.17, 15) is 0 Å². The molecule has 1 rings (SSSR count). The monoisotopic (exact) mass is 226 g/mol. The number of nitrogens with one attached hydrogen (secondary N) is 2. The molecule has 16 heavy (non-hydrogen) atoms. The van der Waals surface area contributed by atoms with Gasteiger partial charge in [0.05, 0.1) is 0 Å². The molecule has 0 saturated carbocycles. The summed E-state index contributed by atoms with van der Waals surface area (Å²) in [6.45, 7) is 15.1. The fourth-order valence-corrected chi connectivity index (χ4v) is 2.30. The lowest BCUT2D eigenvalue weighted by atomic mass is 9.77. The third-order valence-electron chi connectivity index (χ3n) is 4.24. The van der Waals surface area contributed by atoms with E-state index in [1.165, 1.54) is 25.8 Å². The maximum absolute atomic E-state index is 3.65. The Balaban J connectivity index is 2.31. The quantitative estimate of drug-likeness (QED) is 0.753. The van der Waals surface area contributed by atoms with Crippen LogP contribution in [0.4, 0.5) is 0 Å². The molecule has 0 amide bonds. The highest BCUT2D eigenvalue weighted by Crippen LogP contribution is 2.29. The highest BCUT2D eigenvalue weighted by Gasteiger charge is 2.31. The maximum atomic E-state index is 3.65. The lowest BCUT2D eigenvalue weighted by Crippen LogP contribution is -2.52. The molecule has 0 spiro atoms. The van der Waals surface area contributed by atoms with Crippen molar-refractivity contribution in [3.8, 4) is 0 Å². The minimum absolute atomic E-state index is 0.429. The van der Waals surface area contributed by atoms with Crippen molar-refractivity contribution in [2.24, 2.45) is 10.8 Å². The molecule has 1 fully saturated rings. The van der Waals surface area contributed by atoms with Crippen LogP contribution in [0.5, 0.6) is 0 Å². The van der Waals surface area contributed by atoms with Crippen molar-refractivity contribution < 1.29 is 0 Å². The summed E-state index contributed by atoms with van der Waals surface area (Å²) < 4.78 is 0. The first-order chi connectivity index (χ1) is 7.37. The molecule has 2 heteroatoms. The fourth-order valence-electron chi connectivity index (χ4n) is 2.30. The molecule has 2 nitrogen and oxygen atoms in total. The summed E-state index contributed by atoms with van der Waals surface area (Å²) in [4.78, 5) is 0. The summed E-state index contributed by atoms with van der Waals surface area (Å²) in [5, 5.41) is 7.29. The van der Waals surface area contributed by atoms with Crippen LogP contribution >= 0.6 is 0 Å². The number of piperidine rings is 1. The molecule has 0 aromatic heterocycles. The molecule has 0 aliphatic carbocycles. The Morgan fingerprint density at radius 1 is 1.38 bits per heavy atom. The van der Waals surface area contributed by atoms with Crippen molar-refractivity contribution >= 4 is 0 Å². The van der Waals surface area contributed by atoms with E-state index in [1.54, 1.807) is 0 Å². The normalized spacial score (nSPS) is 25.7. The summed E-state index contributed by atoms with van der Waals surface area (Å²) in [5.74, 6) is 0. The minimum atomic E-state index is 0.429. The van der Waals surface area contributed by atoms with Crippen molar-refractivity contribution in [3.63, 3.8) is 0 Å². The van der Waals surface area contributed by atoms with E-state index < -0.39 is 0 Å². The maximum Gasteiger partial charge on any atom is 0.0243 e. The van der Waals surface area contributed by atoms with Crippen LogP contribution in [0.1, 0.15) is 53.9 Å².